The number of fused-ring (bicyclic) bond motifs is 1. The summed E-state index contributed by atoms with van der Waals surface area (Å²) in [6, 6.07) is 8.18. The second-order valence-electron chi connectivity index (χ2n) is 8.03. The third-order valence-corrected chi connectivity index (χ3v) is 6.35. The van der Waals surface area contributed by atoms with Crippen molar-refractivity contribution in [3.05, 3.63) is 63.9 Å². The number of nitro groups is 1. The number of furan rings is 1. The van der Waals surface area contributed by atoms with Gasteiger partial charge in [-0.25, -0.2) is 0 Å². The number of imide groups is 1. The highest BCUT2D eigenvalue weighted by molar-refractivity contribution is 6.06. The minimum Gasteiger partial charge on any atom is -0.455 e. The van der Waals surface area contributed by atoms with E-state index < -0.39 is 4.92 Å². The van der Waals surface area contributed by atoms with E-state index in [0.717, 1.165) is 17.9 Å². The predicted octanol–water partition coefficient (Wildman–Crippen LogP) is 3.69. The number of hydrogen-bond donors (Lipinski definition) is 0. The number of carbonyl (C=O) groups is 2. The topological polar surface area (TPSA) is 106 Å². The van der Waals surface area contributed by atoms with Crippen molar-refractivity contribution in [3.8, 4) is 11.3 Å². The molecule has 0 unspecified atom stereocenters. The minimum atomic E-state index is -0.434. The Bertz CT molecular complexity index is 1100. The third-order valence-electron chi connectivity index (χ3n) is 6.35. The summed E-state index contributed by atoms with van der Waals surface area (Å²) in [6.07, 6.45) is 7.33. The SMILES string of the molecule is Cc1ccc(-c2ccc(/C=N\N3C(=O)[C@@H]4[C@@H](C3=O)[C@@H]3C=C[C@@H]4CC3)o2)cc1[N+](=O)[O-]. The summed E-state index contributed by atoms with van der Waals surface area (Å²) >= 11 is 0. The molecule has 3 aliphatic carbocycles. The third kappa shape index (κ3) is 2.79. The largest absolute Gasteiger partial charge is 0.455 e. The van der Waals surface area contributed by atoms with Gasteiger partial charge in [-0.1, -0.05) is 24.3 Å². The fourth-order valence-corrected chi connectivity index (χ4v) is 4.82. The molecule has 0 radical (unpaired) electrons. The molecule has 2 amide bonds. The normalized spacial score (nSPS) is 27.3. The van der Waals surface area contributed by atoms with E-state index in [1.165, 1.54) is 12.3 Å². The molecule has 1 aromatic heterocycles. The molecule has 2 heterocycles. The smallest absolute Gasteiger partial charge is 0.273 e. The summed E-state index contributed by atoms with van der Waals surface area (Å²) in [5.74, 6) is -0.0902. The van der Waals surface area contributed by atoms with Gasteiger partial charge in [0, 0.05) is 17.2 Å². The number of carbonyl (C=O) groups excluding carboxylic acids is 2. The van der Waals surface area contributed by atoms with Crippen LogP contribution in [-0.4, -0.2) is 28.0 Å². The molecular formula is C22H19N3O5. The lowest BCUT2D eigenvalue weighted by molar-refractivity contribution is -0.385. The summed E-state index contributed by atoms with van der Waals surface area (Å²) in [5.41, 5.74) is 1.14. The Hall–Kier alpha value is -3.55. The first-order chi connectivity index (χ1) is 14.4. The minimum absolute atomic E-state index is 0.0122. The Morgan fingerprint density at radius 2 is 1.77 bits per heavy atom. The monoisotopic (exact) mass is 405 g/mol. The van der Waals surface area contributed by atoms with Gasteiger partial charge in [-0.3, -0.25) is 19.7 Å². The van der Waals surface area contributed by atoms with Crippen LogP contribution in [0.25, 0.3) is 11.3 Å². The van der Waals surface area contributed by atoms with Gasteiger partial charge in [0.25, 0.3) is 17.5 Å². The molecule has 2 aromatic rings. The van der Waals surface area contributed by atoms with Crippen LogP contribution in [-0.2, 0) is 9.59 Å². The Morgan fingerprint density at radius 1 is 1.10 bits per heavy atom. The van der Waals surface area contributed by atoms with Crippen LogP contribution in [0.15, 0.2) is 52.0 Å². The molecule has 8 nitrogen and oxygen atoms in total. The summed E-state index contributed by atoms with van der Waals surface area (Å²) in [7, 11) is 0. The zero-order chi connectivity index (χ0) is 21.0. The van der Waals surface area contributed by atoms with Crippen molar-refractivity contribution in [2.45, 2.75) is 19.8 Å². The van der Waals surface area contributed by atoms with E-state index in [0.29, 0.717) is 22.6 Å². The average Bonchev–Trinajstić information content (AvgIpc) is 3.32. The molecule has 1 saturated carbocycles. The zero-order valence-corrected chi connectivity index (χ0v) is 16.2. The van der Waals surface area contributed by atoms with E-state index in [1.807, 2.05) is 0 Å². The standard InChI is InChI=1S/C22H19N3O5/c1-12-2-3-15(10-17(12)25(28)29)18-9-8-16(30-18)11-23-24-21(26)19-13-4-5-14(7-6-13)20(19)22(24)27/h2-5,8-11,13-14,19-20H,6-7H2,1H3/b23-11-/t13-,14-,19+,20+/m1/s1. The number of nitro benzene ring substituents is 1. The summed E-state index contributed by atoms with van der Waals surface area (Å²) in [6.45, 7) is 1.67. The molecule has 0 spiro atoms. The summed E-state index contributed by atoms with van der Waals surface area (Å²) in [4.78, 5) is 36.3. The number of aryl methyl sites for hydroxylation is 1. The molecular weight excluding hydrogens is 386 g/mol. The summed E-state index contributed by atoms with van der Waals surface area (Å²) in [5, 5.41) is 16.3. The van der Waals surface area contributed by atoms with Crippen LogP contribution in [0.5, 0.6) is 0 Å². The second kappa shape index (κ2) is 6.76. The molecule has 1 saturated heterocycles. The van der Waals surface area contributed by atoms with Gasteiger partial charge in [0.2, 0.25) is 0 Å². The quantitative estimate of drug-likeness (QED) is 0.254. The van der Waals surface area contributed by atoms with Crippen molar-refractivity contribution < 1.29 is 18.9 Å². The van der Waals surface area contributed by atoms with Gasteiger partial charge in [0.1, 0.15) is 11.5 Å². The van der Waals surface area contributed by atoms with Gasteiger partial charge in [0.15, 0.2) is 0 Å². The van der Waals surface area contributed by atoms with E-state index in [9.17, 15) is 19.7 Å². The first kappa shape index (κ1) is 18.5. The van der Waals surface area contributed by atoms with Gasteiger partial charge in [-0.2, -0.15) is 10.1 Å². The predicted molar refractivity (Wildman–Crippen MR) is 107 cm³/mol. The van der Waals surface area contributed by atoms with E-state index in [2.05, 4.69) is 17.3 Å². The molecule has 8 heteroatoms. The highest BCUT2D eigenvalue weighted by atomic mass is 16.6. The molecule has 30 heavy (non-hydrogen) atoms. The van der Waals surface area contributed by atoms with Crippen LogP contribution in [0.2, 0.25) is 0 Å². The van der Waals surface area contributed by atoms with Gasteiger partial charge < -0.3 is 4.42 Å². The number of allylic oxidation sites excluding steroid dienone is 2. The first-order valence-electron chi connectivity index (χ1n) is 9.89. The molecule has 4 atom stereocenters. The first-order valence-corrected chi connectivity index (χ1v) is 9.89. The summed E-state index contributed by atoms with van der Waals surface area (Å²) < 4.78 is 5.71. The molecule has 6 rings (SSSR count). The van der Waals surface area contributed by atoms with Crippen molar-refractivity contribution >= 4 is 23.7 Å². The fraction of sp³-hybridized carbons (Fsp3) is 0.318. The number of nitrogens with zero attached hydrogens (tertiary/aromatic N) is 3. The number of hydrogen-bond acceptors (Lipinski definition) is 6. The number of rotatable bonds is 4. The maximum absolute atomic E-state index is 12.8. The van der Waals surface area contributed by atoms with Crippen LogP contribution in [0, 0.1) is 40.7 Å². The molecule has 2 fully saturated rings. The maximum Gasteiger partial charge on any atom is 0.273 e. The number of benzene rings is 1. The number of amides is 2. The van der Waals surface area contributed by atoms with Crippen molar-refractivity contribution in [3.63, 3.8) is 0 Å². The highest BCUT2D eigenvalue weighted by Gasteiger charge is 2.56. The van der Waals surface area contributed by atoms with Gasteiger partial charge in [-0.15, -0.1) is 0 Å². The lowest BCUT2D eigenvalue weighted by Crippen LogP contribution is -2.38. The lowest BCUT2D eigenvalue weighted by Gasteiger charge is -2.37. The van der Waals surface area contributed by atoms with E-state index in [-0.39, 0.29) is 41.2 Å². The lowest BCUT2D eigenvalue weighted by atomic mass is 9.63. The van der Waals surface area contributed by atoms with E-state index >= 15 is 0 Å². The van der Waals surface area contributed by atoms with Crippen LogP contribution >= 0.6 is 0 Å². The van der Waals surface area contributed by atoms with Crippen molar-refractivity contribution in [2.75, 3.05) is 0 Å². The van der Waals surface area contributed by atoms with Crippen LogP contribution in [0.4, 0.5) is 5.69 Å². The molecule has 4 aliphatic rings. The molecule has 0 N–H and O–H groups in total. The molecule has 152 valence electrons. The van der Waals surface area contributed by atoms with E-state index in [1.54, 1.807) is 31.2 Å². The molecule has 2 bridgehead atoms. The Labute approximate surface area is 172 Å². The zero-order valence-electron chi connectivity index (χ0n) is 16.2. The van der Waals surface area contributed by atoms with E-state index in [4.69, 9.17) is 4.42 Å². The van der Waals surface area contributed by atoms with Crippen molar-refractivity contribution in [1.82, 2.24) is 5.01 Å². The van der Waals surface area contributed by atoms with Crippen molar-refractivity contribution in [2.24, 2.45) is 28.8 Å². The van der Waals surface area contributed by atoms with Crippen LogP contribution < -0.4 is 0 Å². The highest BCUT2D eigenvalue weighted by Crippen LogP contribution is 2.49. The molecule has 1 aromatic carbocycles. The van der Waals surface area contributed by atoms with Gasteiger partial charge in [-0.05, 0) is 43.7 Å². The van der Waals surface area contributed by atoms with Gasteiger partial charge in [0.05, 0.1) is 23.0 Å². The number of hydrazone groups is 1. The molecule has 1 aliphatic heterocycles. The second-order valence-corrected chi connectivity index (χ2v) is 8.03. The van der Waals surface area contributed by atoms with Crippen LogP contribution in [0.3, 0.4) is 0 Å². The van der Waals surface area contributed by atoms with Gasteiger partial charge >= 0.3 is 0 Å². The Kier molecular flexibility index (Phi) is 4.16. The van der Waals surface area contributed by atoms with Crippen LogP contribution in [0.1, 0.15) is 24.2 Å². The fourth-order valence-electron chi connectivity index (χ4n) is 4.82. The Balaban J connectivity index is 1.37. The Morgan fingerprint density at radius 3 is 2.37 bits per heavy atom. The average molecular weight is 405 g/mol. The van der Waals surface area contributed by atoms with Crippen molar-refractivity contribution in [1.29, 1.82) is 0 Å². The maximum atomic E-state index is 12.8.